The van der Waals surface area contributed by atoms with Gasteiger partial charge in [0.15, 0.2) is 0 Å². The minimum Gasteiger partial charge on any atom is -1.00 e. The summed E-state index contributed by atoms with van der Waals surface area (Å²) in [4.78, 5) is 0. The van der Waals surface area contributed by atoms with Gasteiger partial charge in [0.2, 0.25) is 0 Å². The summed E-state index contributed by atoms with van der Waals surface area (Å²) in [5.41, 5.74) is 1.34. The van der Waals surface area contributed by atoms with E-state index in [1.54, 1.807) is 0 Å². The molecule has 2 aromatic carbocycles. The summed E-state index contributed by atoms with van der Waals surface area (Å²) >= 11 is 0. The quantitative estimate of drug-likeness (QED) is 0.384. The zero-order chi connectivity index (χ0) is 9.94. The third-order valence-corrected chi connectivity index (χ3v) is 1.38. The monoisotopic (exact) mass is 332 g/mol. The Hall–Kier alpha value is -0.0969. The Labute approximate surface area is 130 Å². The van der Waals surface area contributed by atoms with Crippen LogP contribution in [0.5, 0.6) is 0 Å². The van der Waals surface area contributed by atoms with Gasteiger partial charge in [-0.15, -0.1) is 13.2 Å². The van der Waals surface area contributed by atoms with Crippen LogP contribution in [0.3, 0.4) is 0 Å². The molecule has 2 rings (SSSR count). The molecule has 16 heavy (non-hydrogen) atoms. The number of rotatable bonds is 0. The third kappa shape index (κ3) is 16.3. The van der Waals surface area contributed by atoms with Crippen LogP contribution in [0, 0.1) is 6.92 Å². The normalized spacial score (nSPS) is 6.06. The molecular formula is C13H16Cl2Zr. The Morgan fingerprint density at radius 2 is 1.25 bits per heavy atom. The predicted octanol–water partition coefficient (Wildman–Crippen LogP) is -2.07. The van der Waals surface area contributed by atoms with Gasteiger partial charge in [0, 0.05) is 0 Å². The first kappa shape index (κ1) is 24.9. The zero-order valence-corrected chi connectivity index (χ0v) is 13.3. The topological polar surface area (TPSA) is 0 Å². The van der Waals surface area contributed by atoms with E-state index in [0.29, 0.717) is 0 Å². The predicted molar refractivity (Wildman–Crippen MR) is 60.1 cm³/mol. The van der Waals surface area contributed by atoms with E-state index in [1.807, 2.05) is 42.5 Å². The third-order valence-electron chi connectivity index (χ3n) is 1.38. The van der Waals surface area contributed by atoms with Crippen molar-refractivity contribution in [3.8, 4) is 0 Å². The number of hydrogen-bond donors (Lipinski definition) is 0. The van der Waals surface area contributed by atoms with E-state index in [2.05, 4.69) is 32.2 Å². The maximum Gasteiger partial charge on any atom is 4.00 e. The van der Waals surface area contributed by atoms with Crippen molar-refractivity contribution in [2.75, 3.05) is 0 Å². The van der Waals surface area contributed by atoms with Crippen molar-refractivity contribution in [2.24, 2.45) is 0 Å². The molecule has 0 saturated heterocycles. The molecule has 0 spiro atoms. The molecule has 0 heterocycles. The number of hydrogen-bond acceptors (Lipinski definition) is 0. The zero-order valence-electron chi connectivity index (χ0n) is 9.37. The molecule has 0 unspecified atom stereocenters. The molecular weight excluding hydrogens is 318 g/mol. The number of aryl methyl sites for hydroxylation is 1. The first-order chi connectivity index (χ1) is 6.39. The van der Waals surface area contributed by atoms with E-state index < -0.39 is 0 Å². The first-order valence-corrected chi connectivity index (χ1v) is 4.24. The van der Waals surface area contributed by atoms with Crippen molar-refractivity contribution in [2.45, 2.75) is 6.92 Å². The van der Waals surface area contributed by atoms with Gasteiger partial charge in [-0.3, -0.25) is 0 Å². The molecule has 86 valence electrons. The van der Waals surface area contributed by atoms with Gasteiger partial charge in [0.1, 0.15) is 0 Å². The average molecular weight is 334 g/mol. The maximum atomic E-state index is 3.00. The van der Waals surface area contributed by atoms with Gasteiger partial charge < -0.3 is 24.8 Å². The van der Waals surface area contributed by atoms with Crippen LogP contribution in [0.15, 0.2) is 67.8 Å². The Morgan fingerprint density at radius 3 is 1.38 bits per heavy atom. The molecule has 0 bridgehead atoms. The fourth-order valence-corrected chi connectivity index (χ4v) is 0.791. The van der Waals surface area contributed by atoms with Gasteiger partial charge in [0.25, 0.3) is 0 Å². The molecule has 0 radical (unpaired) electrons. The van der Waals surface area contributed by atoms with Crippen LogP contribution in [0.4, 0.5) is 0 Å². The van der Waals surface area contributed by atoms with Crippen molar-refractivity contribution in [3.05, 3.63) is 73.3 Å². The summed E-state index contributed by atoms with van der Waals surface area (Å²) in [5.74, 6) is 0. The molecule has 0 amide bonds. The van der Waals surface area contributed by atoms with E-state index in [0.717, 1.165) is 0 Å². The first-order valence-electron chi connectivity index (χ1n) is 4.24. The van der Waals surface area contributed by atoms with Gasteiger partial charge >= 0.3 is 26.2 Å². The second-order valence-electron chi connectivity index (χ2n) is 2.42. The van der Waals surface area contributed by atoms with Crippen molar-refractivity contribution in [3.63, 3.8) is 0 Å². The van der Waals surface area contributed by atoms with Gasteiger partial charge in [-0.1, -0.05) is 6.92 Å². The summed E-state index contributed by atoms with van der Waals surface area (Å²) in [5, 5.41) is 0. The Kier molecular flexibility index (Phi) is 31.7. The average Bonchev–Trinajstić information content (AvgIpc) is 2.81. The van der Waals surface area contributed by atoms with Crippen molar-refractivity contribution in [1.82, 2.24) is 0 Å². The van der Waals surface area contributed by atoms with Crippen molar-refractivity contribution in [1.29, 1.82) is 0 Å². The Morgan fingerprint density at radius 1 is 0.875 bits per heavy atom. The van der Waals surface area contributed by atoms with Crippen LogP contribution in [-0.4, -0.2) is 0 Å². The minimum atomic E-state index is 0. The molecule has 0 aliphatic rings. The molecule has 0 N–H and O–H groups in total. The molecule has 0 saturated carbocycles. The minimum absolute atomic E-state index is 0. The maximum absolute atomic E-state index is 3.00. The van der Waals surface area contributed by atoms with Gasteiger partial charge in [0.05, 0.1) is 0 Å². The van der Waals surface area contributed by atoms with Crippen LogP contribution in [-0.2, 0) is 26.2 Å². The second kappa shape index (κ2) is 20.3. The largest absolute Gasteiger partial charge is 4.00 e. The van der Waals surface area contributed by atoms with Crippen LogP contribution in [0.1, 0.15) is 5.56 Å². The standard InChI is InChI=1S/C6H7.C5H5.C2H4.2ClH.Zr/c1-6-4-2-3-5-6;1-2-4-5-3-1;1-2;;;/h2-5H,1H3;1-5H;1-2H2;2*1H;/q2*-1;;;;+4/p-2. The fourth-order valence-electron chi connectivity index (χ4n) is 0.791. The van der Waals surface area contributed by atoms with E-state index in [1.165, 1.54) is 5.56 Å². The summed E-state index contributed by atoms with van der Waals surface area (Å²) in [7, 11) is 0. The SMILES string of the molecule is C=C.C[c-]1cccc1.[Cl-].[Cl-].[Zr+4].c1cc[cH-]c1. The van der Waals surface area contributed by atoms with Crippen LogP contribution < -0.4 is 24.8 Å². The van der Waals surface area contributed by atoms with Crippen LogP contribution >= 0.6 is 0 Å². The fraction of sp³-hybridized carbons (Fsp3) is 0.0769. The van der Waals surface area contributed by atoms with Crippen LogP contribution in [0.25, 0.3) is 0 Å². The van der Waals surface area contributed by atoms with E-state index >= 15 is 0 Å². The molecule has 0 aromatic heterocycles. The van der Waals surface area contributed by atoms with Gasteiger partial charge in [-0.25, -0.2) is 24.3 Å². The van der Waals surface area contributed by atoms with E-state index in [-0.39, 0.29) is 51.0 Å². The van der Waals surface area contributed by atoms with E-state index in [9.17, 15) is 0 Å². The van der Waals surface area contributed by atoms with E-state index in [4.69, 9.17) is 0 Å². The summed E-state index contributed by atoms with van der Waals surface area (Å²) in [6.07, 6.45) is 0. The summed E-state index contributed by atoms with van der Waals surface area (Å²) < 4.78 is 0. The molecule has 0 fully saturated rings. The Balaban J connectivity index is -0.0000000676. The van der Waals surface area contributed by atoms with Crippen molar-refractivity contribution < 1.29 is 51.0 Å². The smallest absolute Gasteiger partial charge is 1.00 e. The second-order valence-corrected chi connectivity index (χ2v) is 2.42. The van der Waals surface area contributed by atoms with Crippen LogP contribution in [0.2, 0.25) is 0 Å². The summed E-state index contributed by atoms with van der Waals surface area (Å²) in [6, 6.07) is 18.2. The molecule has 0 nitrogen and oxygen atoms in total. The molecule has 2 aromatic rings. The molecule has 0 aliphatic heterocycles. The summed E-state index contributed by atoms with van der Waals surface area (Å²) in [6.45, 7) is 8.08. The molecule has 3 heteroatoms. The Bertz CT molecular complexity index is 245. The molecule has 0 aliphatic carbocycles. The van der Waals surface area contributed by atoms with Gasteiger partial charge in [-0.05, 0) is 0 Å². The number of halogens is 2. The molecule has 0 atom stereocenters. The van der Waals surface area contributed by atoms with Gasteiger partial charge in [-0.2, -0.15) is 35.9 Å². The van der Waals surface area contributed by atoms with Crippen molar-refractivity contribution >= 4 is 0 Å².